The van der Waals surface area contributed by atoms with E-state index in [0.717, 1.165) is 13.0 Å². The second-order valence-corrected chi connectivity index (χ2v) is 4.47. The largest absolute Gasteiger partial charge is 0.368 e. The molecule has 0 aliphatic carbocycles. The summed E-state index contributed by atoms with van der Waals surface area (Å²) >= 11 is 0. The number of carbonyl (C=O) groups is 1. The van der Waals surface area contributed by atoms with Crippen LogP contribution in [0.4, 0.5) is 0 Å². The fourth-order valence-electron chi connectivity index (χ4n) is 1.83. The van der Waals surface area contributed by atoms with Gasteiger partial charge in [0.15, 0.2) is 0 Å². The molecule has 0 bridgehead atoms. The van der Waals surface area contributed by atoms with E-state index >= 15 is 0 Å². The van der Waals surface area contributed by atoms with E-state index in [-0.39, 0.29) is 12.0 Å². The third-order valence-corrected chi connectivity index (χ3v) is 2.82. The number of ether oxygens (including phenoxy) is 1. The van der Waals surface area contributed by atoms with Gasteiger partial charge >= 0.3 is 0 Å². The van der Waals surface area contributed by atoms with Crippen molar-refractivity contribution in [2.75, 3.05) is 26.7 Å². The highest BCUT2D eigenvalue weighted by molar-refractivity contribution is 5.81. The third-order valence-electron chi connectivity index (χ3n) is 2.82. The molecule has 1 aliphatic heterocycles. The van der Waals surface area contributed by atoms with Crippen LogP contribution >= 0.6 is 0 Å². The van der Waals surface area contributed by atoms with Gasteiger partial charge in [-0.3, -0.25) is 4.79 Å². The highest BCUT2D eigenvalue weighted by Crippen LogP contribution is 2.19. The third kappa shape index (κ3) is 3.80. The van der Waals surface area contributed by atoms with Gasteiger partial charge in [0.05, 0.1) is 0 Å². The first-order chi connectivity index (χ1) is 7.15. The Bertz CT molecular complexity index is 209. The Morgan fingerprint density at radius 1 is 1.53 bits per heavy atom. The van der Waals surface area contributed by atoms with E-state index < -0.39 is 0 Å². The molecule has 0 aromatic carbocycles. The number of rotatable bonds is 5. The second-order valence-electron chi connectivity index (χ2n) is 4.47. The molecule has 0 aromatic heterocycles. The van der Waals surface area contributed by atoms with Gasteiger partial charge in [-0.1, -0.05) is 13.8 Å². The van der Waals surface area contributed by atoms with Crippen LogP contribution in [0, 0.1) is 11.8 Å². The standard InChI is InChI=1S/C11H22N2O2/c1-8(6-12-3)7-13-11(14)10-9(2)4-5-15-10/h8-10,12H,4-7H2,1-3H3,(H,13,14). The van der Waals surface area contributed by atoms with Crippen LogP contribution < -0.4 is 10.6 Å². The number of carbonyl (C=O) groups excluding carboxylic acids is 1. The highest BCUT2D eigenvalue weighted by atomic mass is 16.5. The molecule has 0 aromatic rings. The van der Waals surface area contributed by atoms with Crippen molar-refractivity contribution in [2.24, 2.45) is 11.8 Å². The van der Waals surface area contributed by atoms with E-state index in [4.69, 9.17) is 4.74 Å². The Hall–Kier alpha value is -0.610. The maximum atomic E-state index is 11.7. The van der Waals surface area contributed by atoms with Gasteiger partial charge in [-0.2, -0.15) is 0 Å². The lowest BCUT2D eigenvalue weighted by atomic mass is 10.0. The lowest BCUT2D eigenvalue weighted by Gasteiger charge is -2.17. The zero-order valence-electron chi connectivity index (χ0n) is 9.88. The Kier molecular flexibility index (Phi) is 5.05. The summed E-state index contributed by atoms with van der Waals surface area (Å²) in [7, 11) is 1.92. The fraction of sp³-hybridized carbons (Fsp3) is 0.909. The first-order valence-corrected chi connectivity index (χ1v) is 5.69. The van der Waals surface area contributed by atoms with Crippen molar-refractivity contribution in [2.45, 2.75) is 26.4 Å². The van der Waals surface area contributed by atoms with Crippen LogP contribution in [0.5, 0.6) is 0 Å². The molecule has 0 spiro atoms. The quantitative estimate of drug-likeness (QED) is 0.696. The number of hydrogen-bond donors (Lipinski definition) is 2. The summed E-state index contributed by atoms with van der Waals surface area (Å²) in [6.07, 6.45) is 0.760. The predicted octanol–water partition coefficient (Wildman–Crippen LogP) is 0.383. The molecule has 1 rings (SSSR count). The molecule has 3 atom stereocenters. The summed E-state index contributed by atoms with van der Waals surface area (Å²) in [5.41, 5.74) is 0. The van der Waals surface area contributed by atoms with E-state index in [1.54, 1.807) is 0 Å². The van der Waals surface area contributed by atoms with Gasteiger partial charge in [-0.05, 0) is 31.8 Å². The van der Waals surface area contributed by atoms with E-state index in [1.165, 1.54) is 0 Å². The van der Waals surface area contributed by atoms with Gasteiger partial charge < -0.3 is 15.4 Å². The lowest BCUT2D eigenvalue weighted by Crippen LogP contribution is -2.40. The van der Waals surface area contributed by atoms with Crippen LogP contribution in [-0.2, 0) is 9.53 Å². The highest BCUT2D eigenvalue weighted by Gasteiger charge is 2.30. The summed E-state index contributed by atoms with van der Waals surface area (Å²) in [5.74, 6) is 0.850. The fourth-order valence-corrected chi connectivity index (χ4v) is 1.83. The average Bonchev–Trinajstić information content (AvgIpc) is 2.61. The molecule has 4 heteroatoms. The van der Waals surface area contributed by atoms with Crippen molar-refractivity contribution in [3.05, 3.63) is 0 Å². The summed E-state index contributed by atoms with van der Waals surface area (Å²) < 4.78 is 5.39. The van der Waals surface area contributed by atoms with Crippen LogP contribution in [-0.4, -0.2) is 38.8 Å². The van der Waals surface area contributed by atoms with Crippen LogP contribution in [0.2, 0.25) is 0 Å². The predicted molar refractivity (Wildman–Crippen MR) is 59.6 cm³/mol. The van der Waals surface area contributed by atoms with Crippen molar-refractivity contribution in [1.29, 1.82) is 0 Å². The summed E-state index contributed by atoms with van der Waals surface area (Å²) in [5, 5.41) is 6.02. The van der Waals surface area contributed by atoms with E-state index in [1.807, 2.05) is 7.05 Å². The Morgan fingerprint density at radius 2 is 2.27 bits per heavy atom. The van der Waals surface area contributed by atoms with E-state index in [2.05, 4.69) is 24.5 Å². The molecule has 1 fully saturated rings. The van der Waals surface area contributed by atoms with Crippen molar-refractivity contribution in [3.63, 3.8) is 0 Å². The normalized spacial score (nSPS) is 27.7. The first-order valence-electron chi connectivity index (χ1n) is 5.69. The smallest absolute Gasteiger partial charge is 0.249 e. The minimum absolute atomic E-state index is 0.0444. The minimum atomic E-state index is -0.230. The molecule has 88 valence electrons. The molecule has 1 saturated heterocycles. The summed E-state index contributed by atoms with van der Waals surface area (Å²) in [4.78, 5) is 11.7. The molecular formula is C11H22N2O2. The molecular weight excluding hydrogens is 192 g/mol. The molecule has 3 unspecified atom stereocenters. The number of nitrogens with one attached hydrogen (secondary N) is 2. The van der Waals surface area contributed by atoms with Crippen molar-refractivity contribution in [1.82, 2.24) is 10.6 Å². The monoisotopic (exact) mass is 214 g/mol. The maximum Gasteiger partial charge on any atom is 0.249 e. The topological polar surface area (TPSA) is 50.4 Å². The number of amides is 1. The zero-order chi connectivity index (χ0) is 11.3. The second kappa shape index (κ2) is 6.08. The summed E-state index contributed by atoms with van der Waals surface area (Å²) in [6.45, 7) is 6.52. The van der Waals surface area contributed by atoms with Crippen LogP contribution in [0.25, 0.3) is 0 Å². The summed E-state index contributed by atoms with van der Waals surface area (Å²) in [6, 6.07) is 0. The van der Waals surface area contributed by atoms with Crippen LogP contribution in [0.3, 0.4) is 0 Å². The Labute approximate surface area is 91.8 Å². The molecule has 0 radical (unpaired) electrons. The first kappa shape index (κ1) is 12.5. The minimum Gasteiger partial charge on any atom is -0.368 e. The molecule has 2 N–H and O–H groups in total. The van der Waals surface area contributed by atoms with Crippen molar-refractivity contribution < 1.29 is 9.53 Å². The Morgan fingerprint density at radius 3 is 2.80 bits per heavy atom. The molecule has 0 saturated carbocycles. The molecule has 1 amide bonds. The number of hydrogen-bond acceptors (Lipinski definition) is 3. The molecule has 15 heavy (non-hydrogen) atoms. The van der Waals surface area contributed by atoms with Gasteiger partial charge in [-0.15, -0.1) is 0 Å². The van der Waals surface area contributed by atoms with Crippen LogP contribution in [0.1, 0.15) is 20.3 Å². The Balaban J connectivity index is 2.23. The molecule has 1 aliphatic rings. The maximum absolute atomic E-state index is 11.7. The molecule has 1 heterocycles. The average molecular weight is 214 g/mol. The van der Waals surface area contributed by atoms with E-state index in [9.17, 15) is 4.79 Å². The SMILES string of the molecule is CNCC(C)CNC(=O)C1OCCC1C. The van der Waals surface area contributed by atoms with Gasteiger partial charge in [-0.25, -0.2) is 0 Å². The van der Waals surface area contributed by atoms with Gasteiger partial charge in [0.1, 0.15) is 6.10 Å². The lowest BCUT2D eigenvalue weighted by molar-refractivity contribution is -0.131. The van der Waals surface area contributed by atoms with E-state index in [0.29, 0.717) is 25.0 Å². The van der Waals surface area contributed by atoms with Crippen molar-refractivity contribution in [3.8, 4) is 0 Å². The van der Waals surface area contributed by atoms with Crippen molar-refractivity contribution >= 4 is 5.91 Å². The van der Waals surface area contributed by atoms with Gasteiger partial charge in [0, 0.05) is 13.2 Å². The zero-order valence-corrected chi connectivity index (χ0v) is 9.88. The van der Waals surface area contributed by atoms with Gasteiger partial charge in [0.25, 0.3) is 0 Å². The van der Waals surface area contributed by atoms with Crippen LogP contribution in [0.15, 0.2) is 0 Å². The molecule has 4 nitrogen and oxygen atoms in total. The van der Waals surface area contributed by atoms with Gasteiger partial charge in [0.2, 0.25) is 5.91 Å².